The molecule has 0 aliphatic heterocycles. The van der Waals surface area contributed by atoms with Crippen molar-refractivity contribution in [1.82, 2.24) is 0 Å². The Morgan fingerprint density at radius 2 is 1.81 bits per heavy atom. The van der Waals surface area contributed by atoms with Crippen molar-refractivity contribution in [3.63, 3.8) is 0 Å². The molecular weight excluding hydrogens is 486 g/mol. The molecule has 0 heterocycles. The van der Waals surface area contributed by atoms with E-state index in [1.165, 1.54) is 0 Å². The first-order chi connectivity index (χ1) is 17.3. The first-order valence-electron chi connectivity index (χ1n) is 13.7. The van der Waals surface area contributed by atoms with Gasteiger partial charge in [-0.2, -0.15) is 0 Å². The zero-order valence-electron chi connectivity index (χ0n) is 22.2. The van der Waals surface area contributed by atoms with E-state index < -0.39 is 55.1 Å². The molecule has 1 aromatic carbocycles. The molecule has 37 heavy (non-hydrogen) atoms. The van der Waals surface area contributed by atoms with Gasteiger partial charge in [0.05, 0.1) is 0 Å². The van der Waals surface area contributed by atoms with Crippen molar-refractivity contribution >= 4 is 45.5 Å². The van der Waals surface area contributed by atoms with Gasteiger partial charge < -0.3 is 0 Å². The van der Waals surface area contributed by atoms with E-state index in [1.807, 2.05) is 20.8 Å². The van der Waals surface area contributed by atoms with Crippen molar-refractivity contribution in [1.29, 1.82) is 0 Å². The van der Waals surface area contributed by atoms with Gasteiger partial charge in [-0.25, -0.2) is 0 Å². The van der Waals surface area contributed by atoms with E-state index in [1.54, 1.807) is 30.3 Å². The van der Waals surface area contributed by atoms with Crippen molar-refractivity contribution in [3.8, 4) is 0 Å². The normalized spacial score (nSPS) is 45.8. The van der Waals surface area contributed by atoms with Gasteiger partial charge in [0, 0.05) is 0 Å². The number of halogens is 1. The number of ether oxygens (including phenoxy) is 1. The Kier molecular flexibility index (Phi) is 6.84. The second-order valence-electron chi connectivity index (χ2n) is 12.7. The second kappa shape index (κ2) is 9.22. The molecule has 8 heteroatoms. The minimum absolute atomic E-state index is 0.0483. The number of ketones is 2. The third kappa shape index (κ3) is 3.63. The van der Waals surface area contributed by atoms with E-state index in [9.17, 15) is 24.6 Å². The minimum atomic E-state index is -1.90. The molecule has 5 rings (SSSR count). The Balaban J connectivity index is 1.60. The average molecular weight is 523 g/mol. The van der Waals surface area contributed by atoms with Gasteiger partial charge in [-0.05, 0) is 0 Å². The van der Waals surface area contributed by atoms with E-state index in [0.717, 1.165) is 0 Å². The molecule has 0 amide bonds. The van der Waals surface area contributed by atoms with Crippen LogP contribution in [0, 0.1) is 34.5 Å². The summed E-state index contributed by atoms with van der Waals surface area (Å²) in [5.41, 5.74) is -5.15. The topological polar surface area (TPSA) is 101 Å². The van der Waals surface area contributed by atoms with Crippen molar-refractivity contribution in [2.45, 2.75) is 86.4 Å². The van der Waals surface area contributed by atoms with E-state index in [4.69, 9.17) is 4.74 Å². The van der Waals surface area contributed by atoms with Gasteiger partial charge in [-0.3, -0.25) is 0 Å². The number of hydrogen-bond acceptors (Lipinski definition) is 6. The molecule has 1 unspecified atom stereocenters. The summed E-state index contributed by atoms with van der Waals surface area (Å²) in [4.78, 5) is 39.5. The van der Waals surface area contributed by atoms with Crippen molar-refractivity contribution in [3.05, 3.63) is 35.9 Å². The number of rotatable bonds is 4. The molecule has 0 saturated heterocycles. The van der Waals surface area contributed by atoms with Crippen molar-refractivity contribution in [2.75, 3.05) is 0 Å². The standard InChI is InChI=1S/C29H36FO6.Na/c1-17-13-22-21-10-9-19-14-20(32)11-12-26(19,2)28(21,30)23(33)15-27(22,3)29(17,24(34)16-31)36-25(35)18-7-5-4-6-8-18;/h4-8,16-17,19,21-23,31,33H,9-15H2,1-3H3;/t17-,19+,21-,22-,23-,26-,27-,28-,29+;/m0./s1. The zero-order chi connectivity index (χ0) is 27.0. The molecular formula is C29H36FNaO6. The van der Waals surface area contributed by atoms with E-state index in [-0.39, 0.29) is 52.0 Å². The number of fused-ring (bicyclic) bond motifs is 5. The van der Waals surface area contributed by atoms with Crippen LogP contribution >= 0.6 is 0 Å². The average Bonchev–Trinajstić information content (AvgIpc) is 3.07. The fourth-order valence-electron chi connectivity index (χ4n) is 9.25. The van der Waals surface area contributed by atoms with Crippen LogP contribution in [0.15, 0.2) is 30.3 Å². The van der Waals surface area contributed by atoms with Gasteiger partial charge in [-0.15, -0.1) is 0 Å². The number of carbonyl (C=O) groups excluding carboxylic acids is 3. The Morgan fingerprint density at radius 3 is 2.46 bits per heavy atom. The molecule has 2 N–H and O–H groups in total. The fourth-order valence-corrected chi connectivity index (χ4v) is 9.68. The van der Waals surface area contributed by atoms with Crippen LogP contribution in [0.3, 0.4) is 0 Å². The van der Waals surface area contributed by atoms with Gasteiger partial charge in [0.25, 0.3) is 0 Å². The number of alkyl halides is 1. The summed E-state index contributed by atoms with van der Waals surface area (Å²) in [5, 5.41) is 22.2. The Hall–Kier alpha value is -1.12. The fraction of sp³-hybridized carbons (Fsp3) is 0.690. The van der Waals surface area contributed by atoms with Crippen LogP contribution in [-0.2, 0) is 14.3 Å². The number of esters is 1. The van der Waals surface area contributed by atoms with Gasteiger partial charge in [-0.1, -0.05) is 0 Å². The molecule has 4 aliphatic carbocycles. The molecule has 0 spiro atoms. The van der Waals surface area contributed by atoms with E-state index >= 15 is 4.39 Å². The van der Waals surface area contributed by atoms with Crippen LogP contribution in [0.2, 0.25) is 0 Å². The predicted molar refractivity (Wildman–Crippen MR) is 134 cm³/mol. The predicted octanol–water partition coefficient (Wildman–Crippen LogP) is 3.56. The monoisotopic (exact) mass is 522 g/mol. The first kappa shape index (κ1) is 27.4. The molecule has 4 saturated carbocycles. The van der Waals surface area contributed by atoms with Crippen molar-refractivity contribution < 1.29 is 33.7 Å². The third-order valence-electron chi connectivity index (χ3n) is 11.1. The molecule has 0 radical (unpaired) electrons. The Labute approximate surface area is 235 Å². The van der Waals surface area contributed by atoms with Crippen LogP contribution in [0.4, 0.5) is 4.39 Å². The number of aliphatic hydroxyl groups is 2. The van der Waals surface area contributed by atoms with Crippen LogP contribution in [0.1, 0.15) is 76.1 Å². The van der Waals surface area contributed by atoms with Gasteiger partial charge >= 0.3 is 236 Å². The number of Topliss-reactive ketones (excluding diaryl/α,β-unsaturated/α-hetero) is 2. The molecule has 1 aromatic rings. The molecule has 196 valence electrons. The SMILES string of the molecule is C[C@H]1C[C@H]2[C@@H]3CC[C@@H]4CC(=O)CC[C@]4(C)[C@@]3(F)[C@@H](O)C[C@]2(C)[C@]1(OC(=O)c1ccccc1)C(=O)[CH](O)[Na]. The number of carbonyl (C=O) groups is 3. The first-order valence-corrected chi connectivity index (χ1v) is 14.9. The number of hydrogen-bond donors (Lipinski definition) is 2. The summed E-state index contributed by atoms with van der Waals surface area (Å²) in [7, 11) is 0. The summed E-state index contributed by atoms with van der Waals surface area (Å²) in [6.07, 6.45) is 1.32. The second-order valence-corrected chi connectivity index (χ2v) is 13.8. The molecule has 0 aromatic heterocycles. The van der Waals surface area contributed by atoms with Crippen LogP contribution in [-0.4, -0.2) is 76.4 Å². The Bertz CT molecular complexity index is 1110. The number of aliphatic hydroxyl groups excluding tert-OH is 2. The van der Waals surface area contributed by atoms with Crippen molar-refractivity contribution in [2.24, 2.45) is 34.5 Å². The maximum absolute atomic E-state index is 17.5. The molecule has 6 nitrogen and oxygen atoms in total. The van der Waals surface area contributed by atoms with Gasteiger partial charge in [0.1, 0.15) is 0 Å². The third-order valence-corrected chi connectivity index (χ3v) is 11.6. The Morgan fingerprint density at radius 1 is 1.14 bits per heavy atom. The quantitative estimate of drug-likeness (QED) is 0.463. The van der Waals surface area contributed by atoms with Gasteiger partial charge in [0.2, 0.25) is 0 Å². The molecule has 10 atom stereocenters. The van der Waals surface area contributed by atoms with E-state index in [0.29, 0.717) is 44.1 Å². The number of benzene rings is 1. The molecule has 4 fully saturated rings. The molecule has 0 bridgehead atoms. The zero-order valence-corrected chi connectivity index (χ0v) is 24.2. The van der Waals surface area contributed by atoms with Crippen LogP contribution < -0.4 is 0 Å². The van der Waals surface area contributed by atoms with Gasteiger partial charge in [0.15, 0.2) is 0 Å². The maximum atomic E-state index is 17.5. The van der Waals surface area contributed by atoms with Crippen LogP contribution in [0.5, 0.6) is 0 Å². The summed E-state index contributed by atoms with van der Waals surface area (Å²) < 4.78 is 22.5. The van der Waals surface area contributed by atoms with E-state index in [2.05, 4.69) is 0 Å². The van der Waals surface area contributed by atoms with Crippen LogP contribution in [0.25, 0.3) is 0 Å². The summed E-state index contributed by atoms with van der Waals surface area (Å²) in [6, 6.07) is 8.44. The summed E-state index contributed by atoms with van der Waals surface area (Å²) in [5.74, 6) is -2.46. The molecule has 4 aliphatic rings. The summed E-state index contributed by atoms with van der Waals surface area (Å²) in [6.45, 7) is 5.60. The summed E-state index contributed by atoms with van der Waals surface area (Å²) >= 11 is 0.161.